The van der Waals surface area contributed by atoms with Crippen molar-refractivity contribution in [3.63, 3.8) is 0 Å². The van der Waals surface area contributed by atoms with Gasteiger partial charge in [0.1, 0.15) is 0 Å². The van der Waals surface area contributed by atoms with Gasteiger partial charge in [0.05, 0.1) is 29.5 Å². The molecule has 3 aromatic rings. The Balaban J connectivity index is 1.43. The van der Waals surface area contributed by atoms with Gasteiger partial charge >= 0.3 is 0 Å². The number of carbonyl (C=O) groups is 1. The molecule has 4 rings (SSSR count). The number of morpholine rings is 1. The van der Waals surface area contributed by atoms with E-state index in [9.17, 15) is 4.79 Å². The molecule has 1 N–H and O–H groups in total. The molecule has 2 heterocycles. The monoisotopic (exact) mass is 438 g/mol. The van der Waals surface area contributed by atoms with Crippen molar-refractivity contribution in [2.24, 2.45) is 5.92 Å². The predicted molar refractivity (Wildman–Crippen MR) is 128 cm³/mol. The average molecular weight is 439 g/mol. The maximum Gasteiger partial charge on any atom is 0.237 e. The van der Waals surface area contributed by atoms with Crippen molar-refractivity contribution in [3.05, 3.63) is 48.5 Å². The molecule has 0 aliphatic carbocycles. The van der Waals surface area contributed by atoms with E-state index in [1.165, 1.54) is 11.8 Å². The largest absolute Gasteiger partial charge is 0.378 e. The maximum atomic E-state index is 12.9. The lowest BCUT2D eigenvalue weighted by Crippen LogP contribution is -2.36. The second kappa shape index (κ2) is 9.75. The Morgan fingerprint density at radius 2 is 1.81 bits per heavy atom. The summed E-state index contributed by atoms with van der Waals surface area (Å²) in [5.41, 5.74) is 4.05. The van der Waals surface area contributed by atoms with Gasteiger partial charge < -0.3 is 19.5 Å². The van der Waals surface area contributed by atoms with Gasteiger partial charge in [-0.15, -0.1) is 0 Å². The highest BCUT2D eigenvalue weighted by molar-refractivity contribution is 8.00. The molecule has 0 bridgehead atoms. The summed E-state index contributed by atoms with van der Waals surface area (Å²) in [4.78, 5) is 19.9. The topological polar surface area (TPSA) is 59.4 Å². The second-order valence-electron chi connectivity index (χ2n) is 8.28. The number of aromatic nitrogens is 2. The van der Waals surface area contributed by atoms with Gasteiger partial charge in [0.15, 0.2) is 5.16 Å². The van der Waals surface area contributed by atoms with Crippen LogP contribution in [-0.2, 0) is 16.1 Å². The quantitative estimate of drug-likeness (QED) is 0.544. The van der Waals surface area contributed by atoms with E-state index >= 15 is 0 Å². The van der Waals surface area contributed by atoms with Crippen LogP contribution >= 0.6 is 11.8 Å². The van der Waals surface area contributed by atoms with Gasteiger partial charge in [0.2, 0.25) is 5.91 Å². The number of ether oxygens (including phenoxy) is 1. The summed E-state index contributed by atoms with van der Waals surface area (Å²) >= 11 is 1.51. The number of carbonyl (C=O) groups excluding carboxylic acids is 1. The van der Waals surface area contributed by atoms with E-state index in [-0.39, 0.29) is 11.2 Å². The van der Waals surface area contributed by atoms with Gasteiger partial charge in [-0.3, -0.25) is 4.79 Å². The van der Waals surface area contributed by atoms with Gasteiger partial charge in [0.25, 0.3) is 0 Å². The first-order chi connectivity index (χ1) is 15.0. The highest BCUT2D eigenvalue weighted by Crippen LogP contribution is 2.29. The fraction of sp³-hybridized carbons (Fsp3) is 0.417. The van der Waals surface area contributed by atoms with Gasteiger partial charge in [0, 0.05) is 31.0 Å². The van der Waals surface area contributed by atoms with Crippen molar-refractivity contribution in [3.8, 4) is 0 Å². The molecule has 1 aliphatic heterocycles. The number of thioether (sulfide) groups is 1. The van der Waals surface area contributed by atoms with Crippen molar-refractivity contribution < 1.29 is 9.53 Å². The molecule has 164 valence electrons. The lowest BCUT2D eigenvalue weighted by Gasteiger charge is -2.28. The summed E-state index contributed by atoms with van der Waals surface area (Å²) in [7, 11) is 0. The molecule has 1 unspecified atom stereocenters. The normalized spacial score (nSPS) is 15.4. The number of nitrogens with zero attached hydrogens (tertiary/aromatic N) is 3. The molecule has 6 nitrogen and oxygen atoms in total. The first kappa shape index (κ1) is 21.7. The Hall–Kier alpha value is -2.51. The number of hydrogen-bond acceptors (Lipinski definition) is 5. The molecule has 1 atom stereocenters. The molecular formula is C24H30N4O2S. The molecular weight excluding hydrogens is 408 g/mol. The summed E-state index contributed by atoms with van der Waals surface area (Å²) in [5.74, 6) is 0.471. The van der Waals surface area contributed by atoms with Crippen LogP contribution in [-0.4, -0.2) is 47.0 Å². The van der Waals surface area contributed by atoms with Crippen LogP contribution in [0.2, 0.25) is 0 Å². The molecule has 7 heteroatoms. The summed E-state index contributed by atoms with van der Waals surface area (Å²) < 4.78 is 7.64. The van der Waals surface area contributed by atoms with E-state index in [0.717, 1.165) is 60.4 Å². The fourth-order valence-corrected chi connectivity index (χ4v) is 4.65. The summed E-state index contributed by atoms with van der Waals surface area (Å²) in [6.07, 6.45) is 0. The maximum absolute atomic E-state index is 12.9. The van der Waals surface area contributed by atoms with E-state index in [1.807, 2.05) is 37.3 Å². The summed E-state index contributed by atoms with van der Waals surface area (Å²) in [6, 6.07) is 16.2. The van der Waals surface area contributed by atoms with Crippen molar-refractivity contribution in [1.82, 2.24) is 9.55 Å². The molecule has 0 radical (unpaired) electrons. The third-order valence-corrected chi connectivity index (χ3v) is 6.42. The number of rotatable bonds is 7. The summed E-state index contributed by atoms with van der Waals surface area (Å²) in [5, 5.41) is 3.67. The average Bonchev–Trinajstić information content (AvgIpc) is 3.11. The second-order valence-corrected chi connectivity index (χ2v) is 9.59. The predicted octanol–water partition coefficient (Wildman–Crippen LogP) is 4.65. The Bertz CT molecular complexity index is 1030. The SMILES string of the molecule is CC(C)Cn1c(SC(C)C(=O)Nc2ccc(N3CCOCC3)cc2)nc2ccccc21. The van der Waals surface area contributed by atoms with Gasteiger partial charge in [-0.2, -0.15) is 0 Å². The third-order valence-electron chi connectivity index (χ3n) is 5.33. The zero-order valence-corrected chi connectivity index (χ0v) is 19.2. The number of anilines is 2. The number of para-hydroxylation sites is 2. The minimum atomic E-state index is -0.262. The van der Waals surface area contributed by atoms with Crippen LogP contribution in [0.1, 0.15) is 20.8 Å². The Morgan fingerprint density at radius 3 is 2.52 bits per heavy atom. The van der Waals surface area contributed by atoms with Crippen molar-refractivity contribution in [1.29, 1.82) is 0 Å². The first-order valence-electron chi connectivity index (χ1n) is 10.9. The number of nitrogens with one attached hydrogen (secondary N) is 1. The minimum Gasteiger partial charge on any atom is -0.378 e. The lowest BCUT2D eigenvalue weighted by molar-refractivity contribution is -0.115. The Kier molecular flexibility index (Phi) is 6.83. The van der Waals surface area contributed by atoms with Crippen molar-refractivity contribution in [2.45, 2.75) is 37.7 Å². The van der Waals surface area contributed by atoms with Gasteiger partial charge in [-0.05, 0) is 49.2 Å². The van der Waals surface area contributed by atoms with E-state index in [2.05, 4.69) is 46.8 Å². The minimum absolute atomic E-state index is 0.0210. The van der Waals surface area contributed by atoms with Gasteiger partial charge in [-0.1, -0.05) is 37.7 Å². The molecule has 1 saturated heterocycles. The van der Waals surface area contributed by atoms with Crippen LogP contribution in [0.25, 0.3) is 11.0 Å². The van der Waals surface area contributed by atoms with E-state index in [1.54, 1.807) is 0 Å². The zero-order valence-electron chi connectivity index (χ0n) is 18.4. The Labute approximate surface area is 188 Å². The highest BCUT2D eigenvalue weighted by Gasteiger charge is 2.20. The highest BCUT2D eigenvalue weighted by atomic mass is 32.2. The first-order valence-corrected chi connectivity index (χ1v) is 11.7. The van der Waals surface area contributed by atoms with E-state index < -0.39 is 0 Å². The van der Waals surface area contributed by atoms with E-state index in [0.29, 0.717) is 5.92 Å². The van der Waals surface area contributed by atoms with Crippen LogP contribution in [0, 0.1) is 5.92 Å². The number of imidazole rings is 1. The van der Waals surface area contributed by atoms with Crippen LogP contribution < -0.4 is 10.2 Å². The molecule has 1 amide bonds. The smallest absolute Gasteiger partial charge is 0.237 e. The van der Waals surface area contributed by atoms with Crippen molar-refractivity contribution >= 4 is 40.1 Å². The third kappa shape index (κ3) is 5.22. The van der Waals surface area contributed by atoms with Crippen molar-refractivity contribution in [2.75, 3.05) is 36.5 Å². The number of fused-ring (bicyclic) bond motifs is 1. The fourth-order valence-electron chi connectivity index (χ4n) is 3.72. The van der Waals surface area contributed by atoms with Crippen LogP contribution in [0.3, 0.4) is 0 Å². The molecule has 2 aromatic carbocycles. The lowest BCUT2D eigenvalue weighted by atomic mass is 10.2. The van der Waals surface area contributed by atoms with Gasteiger partial charge in [-0.25, -0.2) is 4.98 Å². The molecule has 1 aromatic heterocycles. The number of hydrogen-bond donors (Lipinski definition) is 1. The standard InChI is InChI=1S/C24H30N4O2S/c1-17(2)16-28-22-7-5-4-6-21(22)26-24(28)31-18(3)23(29)25-19-8-10-20(11-9-19)27-12-14-30-15-13-27/h4-11,17-18H,12-16H2,1-3H3,(H,25,29). The molecule has 0 saturated carbocycles. The summed E-state index contributed by atoms with van der Waals surface area (Å²) in [6.45, 7) is 10.5. The van der Waals surface area contributed by atoms with E-state index in [4.69, 9.17) is 9.72 Å². The Morgan fingerprint density at radius 1 is 1.10 bits per heavy atom. The van der Waals surface area contributed by atoms with Crippen LogP contribution in [0.15, 0.2) is 53.7 Å². The number of benzene rings is 2. The number of amides is 1. The van der Waals surface area contributed by atoms with Crippen LogP contribution in [0.5, 0.6) is 0 Å². The molecule has 31 heavy (non-hydrogen) atoms. The molecule has 1 fully saturated rings. The zero-order chi connectivity index (χ0) is 21.8. The van der Waals surface area contributed by atoms with Crippen LogP contribution in [0.4, 0.5) is 11.4 Å². The molecule has 1 aliphatic rings. The molecule has 0 spiro atoms.